The topological polar surface area (TPSA) is 18.5 Å². The van der Waals surface area contributed by atoms with Crippen molar-refractivity contribution in [2.75, 3.05) is 6.61 Å². The molecule has 0 spiro atoms. The van der Waals surface area contributed by atoms with E-state index in [4.69, 9.17) is 9.47 Å². The highest BCUT2D eigenvalue weighted by molar-refractivity contribution is 5.51. The summed E-state index contributed by atoms with van der Waals surface area (Å²) in [7, 11) is 0. The van der Waals surface area contributed by atoms with Crippen LogP contribution in [0.3, 0.4) is 0 Å². The Labute approximate surface area is 164 Å². The molecule has 1 aromatic rings. The van der Waals surface area contributed by atoms with Crippen LogP contribution in [0.2, 0.25) is 0 Å². The van der Waals surface area contributed by atoms with Gasteiger partial charge >= 0.3 is 0 Å². The minimum Gasteiger partial charge on any atom is -0.450 e. The average Bonchev–Trinajstić information content (AvgIpc) is 2.70. The van der Waals surface area contributed by atoms with Crippen molar-refractivity contribution in [3.05, 3.63) is 64.7 Å². The molecule has 28 heavy (non-hydrogen) atoms. The summed E-state index contributed by atoms with van der Waals surface area (Å²) in [5.41, 5.74) is 1.40. The summed E-state index contributed by atoms with van der Waals surface area (Å²) in [6, 6.07) is 1.62. The molecule has 0 amide bonds. The summed E-state index contributed by atoms with van der Waals surface area (Å²) in [5, 5.41) is 0. The molecule has 0 N–H and O–H groups in total. The second kappa shape index (κ2) is 8.56. The summed E-state index contributed by atoms with van der Waals surface area (Å²) >= 11 is 0. The van der Waals surface area contributed by atoms with Gasteiger partial charge in [-0.2, -0.15) is 4.39 Å². The van der Waals surface area contributed by atoms with Crippen molar-refractivity contribution in [3.63, 3.8) is 0 Å². The molecular weight excluding hydrogens is 365 g/mol. The van der Waals surface area contributed by atoms with Crippen LogP contribution in [0.25, 0.3) is 0 Å². The number of fused-ring (bicyclic) bond motifs is 1. The largest absolute Gasteiger partial charge is 0.450 e. The average molecular weight is 392 g/mol. The molecule has 5 heteroatoms. The van der Waals surface area contributed by atoms with E-state index in [2.05, 4.69) is 20.1 Å². The van der Waals surface area contributed by atoms with Gasteiger partial charge in [0.1, 0.15) is 0 Å². The molecule has 1 aromatic carbocycles. The summed E-state index contributed by atoms with van der Waals surface area (Å²) in [5.74, 6) is -3.30. The van der Waals surface area contributed by atoms with E-state index in [1.54, 1.807) is 13.0 Å². The van der Waals surface area contributed by atoms with Crippen molar-refractivity contribution >= 4 is 0 Å². The van der Waals surface area contributed by atoms with Gasteiger partial charge in [0.25, 0.3) is 0 Å². The Balaban J connectivity index is 1.91. The number of rotatable bonds is 5. The fourth-order valence-electron chi connectivity index (χ4n) is 3.82. The number of halogens is 3. The quantitative estimate of drug-likeness (QED) is 0.557. The van der Waals surface area contributed by atoms with E-state index in [1.165, 1.54) is 0 Å². The van der Waals surface area contributed by atoms with Crippen LogP contribution >= 0.6 is 0 Å². The van der Waals surface area contributed by atoms with E-state index >= 15 is 0 Å². The first-order valence-electron chi connectivity index (χ1n) is 9.93. The van der Waals surface area contributed by atoms with Gasteiger partial charge in [0.15, 0.2) is 23.2 Å². The van der Waals surface area contributed by atoms with Crippen LogP contribution in [0, 0.1) is 11.6 Å². The van der Waals surface area contributed by atoms with Gasteiger partial charge in [0.2, 0.25) is 5.82 Å². The normalized spacial score (nSPS) is 23.8. The van der Waals surface area contributed by atoms with Crippen molar-refractivity contribution in [3.8, 4) is 5.75 Å². The van der Waals surface area contributed by atoms with Gasteiger partial charge in [-0.05, 0) is 48.5 Å². The molecule has 1 saturated heterocycles. The molecule has 2 aliphatic heterocycles. The molecule has 0 aliphatic carbocycles. The third-order valence-electron chi connectivity index (χ3n) is 5.55. The Morgan fingerprint density at radius 2 is 1.96 bits per heavy atom. The molecular formula is C23H27F3O2. The zero-order valence-corrected chi connectivity index (χ0v) is 16.5. The molecule has 1 fully saturated rings. The molecule has 0 bridgehead atoms. The summed E-state index contributed by atoms with van der Waals surface area (Å²) in [6.45, 7) is 11.7. The summed E-state index contributed by atoms with van der Waals surface area (Å²) < 4.78 is 55.4. The maximum absolute atomic E-state index is 14.8. The fourth-order valence-corrected chi connectivity index (χ4v) is 3.82. The van der Waals surface area contributed by atoms with Crippen molar-refractivity contribution in [2.24, 2.45) is 0 Å². The van der Waals surface area contributed by atoms with Gasteiger partial charge in [0.05, 0.1) is 12.7 Å². The Bertz CT molecular complexity index is 818. The second-order valence-electron chi connectivity index (χ2n) is 7.58. The first-order valence-corrected chi connectivity index (χ1v) is 9.93. The molecule has 0 saturated carbocycles. The van der Waals surface area contributed by atoms with E-state index in [0.717, 1.165) is 25.7 Å². The highest BCUT2D eigenvalue weighted by Crippen LogP contribution is 2.42. The Kier molecular flexibility index (Phi) is 6.33. The molecule has 2 aliphatic rings. The van der Waals surface area contributed by atoms with Crippen molar-refractivity contribution in [1.82, 2.24) is 0 Å². The third-order valence-corrected chi connectivity index (χ3v) is 5.55. The van der Waals surface area contributed by atoms with E-state index < -0.39 is 17.5 Å². The van der Waals surface area contributed by atoms with E-state index in [-0.39, 0.29) is 35.5 Å². The van der Waals surface area contributed by atoms with Gasteiger partial charge in [-0.15, -0.1) is 0 Å². The van der Waals surface area contributed by atoms with Crippen molar-refractivity contribution in [2.45, 2.75) is 64.4 Å². The third kappa shape index (κ3) is 3.90. The minimum absolute atomic E-state index is 0.159. The van der Waals surface area contributed by atoms with Crippen LogP contribution in [0.1, 0.15) is 63.0 Å². The van der Waals surface area contributed by atoms with Gasteiger partial charge in [-0.25, -0.2) is 8.78 Å². The maximum Gasteiger partial charge on any atom is 0.201 e. The lowest BCUT2D eigenvalue weighted by Crippen LogP contribution is -2.26. The van der Waals surface area contributed by atoms with E-state index in [9.17, 15) is 13.2 Å². The smallest absolute Gasteiger partial charge is 0.201 e. The lowest BCUT2D eigenvalue weighted by molar-refractivity contribution is -0.00186. The second-order valence-corrected chi connectivity index (χ2v) is 7.58. The van der Waals surface area contributed by atoms with Gasteiger partial charge in [0, 0.05) is 17.9 Å². The lowest BCUT2D eigenvalue weighted by Gasteiger charge is -2.31. The molecule has 2 nitrogen and oxygen atoms in total. The van der Waals surface area contributed by atoms with Gasteiger partial charge < -0.3 is 9.47 Å². The number of ether oxygens (including phenoxy) is 2. The minimum atomic E-state index is -1.08. The number of hydrogen-bond acceptors (Lipinski definition) is 2. The highest BCUT2D eigenvalue weighted by atomic mass is 19.2. The molecule has 0 aromatic heterocycles. The van der Waals surface area contributed by atoms with Gasteiger partial charge in [-0.1, -0.05) is 33.4 Å². The van der Waals surface area contributed by atoms with Gasteiger partial charge in [-0.3, -0.25) is 0 Å². The first kappa shape index (κ1) is 20.7. The van der Waals surface area contributed by atoms with Crippen LogP contribution in [0.15, 0.2) is 42.0 Å². The van der Waals surface area contributed by atoms with Crippen LogP contribution in [0.4, 0.5) is 13.2 Å². The zero-order valence-electron chi connectivity index (χ0n) is 16.5. The lowest BCUT2D eigenvalue weighted by atomic mass is 9.87. The number of allylic oxidation sites excluding steroid dienone is 3. The SMILES string of the molecule is C=C(CC)/C(F)=C1/Oc2c(cc(C3CCC(CCC)OC3)c(F)c2F)CC1=C. The Hall–Kier alpha value is -2.01. The Morgan fingerprint density at radius 3 is 2.57 bits per heavy atom. The molecule has 2 heterocycles. The molecule has 152 valence electrons. The predicted molar refractivity (Wildman–Crippen MR) is 104 cm³/mol. The van der Waals surface area contributed by atoms with E-state index in [0.29, 0.717) is 29.7 Å². The maximum atomic E-state index is 14.8. The van der Waals surface area contributed by atoms with Crippen LogP contribution in [-0.4, -0.2) is 12.7 Å². The standard InChI is InChI=1S/C23H27F3O2/c1-5-7-17-9-8-15(12-27-17)18-11-16-10-14(4)22(19(24)13(3)6-2)28-23(16)21(26)20(18)25/h11,15,17H,3-10,12H2,1-2H3/b22-19-. The first-order chi connectivity index (χ1) is 13.4. The summed E-state index contributed by atoms with van der Waals surface area (Å²) in [6.07, 6.45) is 4.37. The molecule has 2 unspecified atom stereocenters. The highest BCUT2D eigenvalue weighted by Gasteiger charge is 2.32. The number of hydrogen-bond donors (Lipinski definition) is 0. The van der Waals surface area contributed by atoms with Crippen LogP contribution < -0.4 is 4.74 Å². The monoisotopic (exact) mass is 392 g/mol. The molecule has 0 radical (unpaired) electrons. The zero-order chi connectivity index (χ0) is 20.4. The van der Waals surface area contributed by atoms with E-state index in [1.807, 2.05) is 0 Å². The molecule has 3 rings (SSSR count). The van der Waals surface area contributed by atoms with Crippen molar-refractivity contribution in [1.29, 1.82) is 0 Å². The fraction of sp³-hybridized carbons (Fsp3) is 0.478. The number of benzene rings is 1. The predicted octanol–water partition coefficient (Wildman–Crippen LogP) is 6.67. The van der Waals surface area contributed by atoms with Crippen molar-refractivity contribution < 1.29 is 22.6 Å². The Morgan fingerprint density at radius 1 is 1.21 bits per heavy atom. The summed E-state index contributed by atoms with van der Waals surface area (Å²) in [4.78, 5) is 0. The van der Waals surface area contributed by atoms with Crippen LogP contribution in [-0.2, 0) is 11.2 Å². The molecule has 2 atom stereocenters. The van der Waals surface area contributed by atoms with Crippen LogP contribution in [0.5, 0.6) is 5.75 Å².